The molecule has 0 N–H and O–H groups in total. The summed E-state index contributed by atoms with van der Waals surface area (Å²) in [4.78, 5) is 31.2. The zero-order valence-corrected chi connectivity index (χ0v) is 19.0. The first-order valence-electron chi connectivity index (χ1n) is 12.1. The van der Waals surface area contributed by atoms with Crippen LogP contribution in [-0.2, 0) is 9.59 Å². The van der Waals surface area contributed by atoms with Crippen LogP contribution in [0.25, 0.3) is 0 Å². The molecule has 1 saturated heterocycles. The van der Waals surface area contributed by atoms with Gasteiger partial charge in [-0.2, -0.15) is 0 Å². The van der Waals surface area contributed by atoms with Gasteiger partial charge in [0.2, 0.25) is 5.91 Å². The lowest BCUT2D eigenvalue weighted by Crippen LogP contribution is -2.61. The van der Waals surface area contributed by atoms with Crippen LogP contribution >= 0.6 is 0 Å². The molecule has 4 rings (SSSR count). The normalized spacial score (nSPS) is 23.9. The molecule has 0 aromatic heterocycles. The molecule has 170 valence electrons. The summed E-state index contributed by atoms with van der Waals surface area (Å²) in [5.74, 6) is 1.44. The Labute approximate surface area is 185 Å². The second-order valence-corrected chi connectivity index (χ2v) is 9.10. The molecule has 2 amide bonds. The van der Waals surface area contributed by atoms with Crippen LogP contribution in [0.3, 0.4) is 0 Å². The number of ether oxygens (including phenoxy) is 2. The smallest absolute Gasteiger partial charge is 0.250 e. The van der Waals surface area contributed by atoms with Crippen LogP contribution in [0.4, 0.5) is 0 Å². The lowest BCUT2D eigenvalue weighted by Gasteiger charge is -2.48. The molecule has 0 radical (unpaired) electrons. The van der Waals surface area contributed by atoms with Crippen molar-refractivity contribution < 1.29 is 19.1 Å². The van der Waals surface area contributed by atoms with Crippen molar-refractivity contribution in [2.45, 2.75) is 89.3 Å². The maximum Gasteiger partial charge on any atom is 0.250 e. The van der Waals surface area contributed by atoms with Crippen LogP contribution < -0.4 is 9.47 Å². The van der Waals surface area contributed by atoms with Crippen LogP contribution in [0, 0.1) is 0 Å². The molecule has 0 spiro atoms. The van der Waals surface area contributed by atoms with E-state index in [4.69, 9.17) is 9.47 Å². The first-order chi connectivity index (χ1) is 15.1. The maximum atomic E-state index is 13.9. The maximum absolute atomic E-state index is 13.9. The van der Waals surface area contributed by atoms with E-state index in [-0.39, 0.29) is 30.4 Å². The van der Waals surface area contributed by atoms with Gasteiger partial charge in [0.25, 0.3) is 5.91 Å². The average Bonchev–Trinajstić information content (AvgIpc) is 2.81. The van der Waals surface area contributed by atoms with Crippen LogP contribution in [0.5, 0.6) is 11.5 Å². The van der Waals surface area contributed by atoms with Crippen molar-refractivity contribution in [2.24, 2.45) is 0 Å². The summed E-state index contributed by atoms with van der Waals surface area (Å²) < 4.78 is 11.2. The highest BCUT2D eigenvalue weighted by Crippen LogP contribution is 2.39. The molecule has 6 nitrogen and oxygen atoms in total. The fourth-order valence-electron chi connectivity index (χ4n) is 5.63. The highest BCUT2D eigenvalue weighted by molar-refractivity contribution is 5.96. The Kier molecular flexibility index (Phi) is 7.03. The summed E-state index contributed by atoms with van der Waals surface area (Å²) in [6.45, 7) is 2.70. The van der Waals surface area contributed by atoms with Crippen LogP contribution in [-0.4, -0.2) is 54.0 Å². The molecular formula is C25H36N2O4. The number of piperazine rings is 1. The summed E-state index contributed by atoms with van der Waals surface area (Å²) >= 11 is 0. The average molecular weight is 429 g/mol. The summed E-state index contributed by atoms with van der Waals surface area (Å²) in [6.07, 6.45) is 10.9. The molecule has 1 heterocycles. The SMILES string of the molecule is CCOc1ccc(C2C(=O)N(C3CCCCC3)CC(=O)N2C2CCCCC2)cc1OC. The Morgan fingerprint density at radius 2 is 1.55 bits per heavy atom. The van der Waals surface area contributed by atoms with Gasteiger partial charge >= 0.3 is 0 Å². The highest BCUT2D eigenvalue weighted by atomic mass is 16.5. The molecule has 6 heteroatoms. The fraction of sp³-hybridized carbons (Fsp3) is 0.680. The van der Waals surface area contributed by atoms with E-state index in [9.17, 15) is 9.59 Å². The van der Waals surface area contributed by atoms with Gasteiger partial charge in [0.05, 0.1) is 13.7 Å². The number of benzene rings is 1. The largest absolute Gasteiger partial charge is 0.493 e. The van der Waals surface area contributed by atoms with Crippen LogP contribution in [0.2, 0.25) is 0 Å². The first kappa shape index (κ1) is 22.0. The Hall–Kier alpha value is -2.24. The van der Waals surface area contributed by atoms with Gasteiger partial charge in [-0.3, -0.25) is 9.59 Å². The third-order valence-electron chi connectivity index (χ3n) is 7.18. The molecule has 2 saturated carbocycles. The predicted molar refractivity (Wildman–Crippen MR) is 119 cm³/mol. The lowest BCUT2D eigenvalue weighted by atomic mass is 9.88. The molecular weight excluding hydrogens is 392 g/mol. The minimum Gasteiger partial charge on any atom is -0.493 e. The van der Waals surface area contributed by atoms with Crippen molar-refractivity contribution in [1.29, 1.82) is 0 Å². The number of hydrogen-bond donors (Lipinski definition) is 0. The third-order valence-corrected chi connectivity index (χ3v) is 7.18. The van der Waals surface area contributed by atoms with E-state index in [2.05, 4.69) is 0 Å². The standard InChI is InChI=1S/C25H36N2O4/c1-3-31-21-15-14-18(16-22(21)30-2)24-25(29)26(19-10-6-4-7-11-19)17-23(28)27(24)20-12-8-5-9-13-20/h14-16,19-20,24H,3-13,17H2,1-2H3. The second-order valence-electron chi connectivity index (χ2n) is 9.10. The zero-order chi connectivity index (χ0) is 21.8. The van der Waals surface area contributed by atoms with Crippen molar-refractivity contribution in [3.63, 3.8) is 0 Å². The summed E-state index contributed by atoms with van der Waals surface area (Å²) in [6, 6.07) is 5.45. The van der Waals surface area contributed by atoms with Crippen molar-refractivity contribution in [3.8, 4) is 11.5 Å². The molecule has 1 aromatic carbocycles. The fourth-order valence-corrected chi connectivity index (χ4v) is 5.63. The van der Waals surface area contributed by atoms with E-state index in [0.29, 0.717) is 18.1 Å². The molecule has 1 aliphatic heterocycles. The topological polar surface area (TPSA) is 59.1 Å². The first-order valence-corrected chi connectivity index (χ1v) is 12.1. The molecule has 3 aliphatic rings. The Bertz CT molecular complexity index is 784. The second kappa shape index (κ2) is 9.92. The lowest BCUT2D eigenvalue weighted by molar-refractivity contribution is -0.162. The molecule has 3 fully saturated rings. The van der Waals surface area contributed by atoms with Gasteiger partial charge in [0, 0.05) is 12.1 Å². The number of carbonyl (C=O) groups excluding carboxylic acids is 2. The number of amides is 2. The molecule has 1 unspecified atom stereocenters. The summed E-state index contributed by atoms with van der Waals surface area (Å²) in [5, 5.41) is 0. The zero-order valence-electron chi connectivity index (χ0n) is 19.0. The van der Waals surface area contributed by atoms with Gasteiger partial charge in [-0.05, 0) is 50.3 Å². The predicted octanol–water partition coefficient (Wildman–Crippen LogP) is 4.47. The summed E-state index contributed by atoms with van der Waals surface area (Å²) in [5.41, 5.74) is 0.824. The van der Waals surface area contributed by atoms with E-state index in [1.807, 2.05) is 34.9 Å². The Balaban J connectivity index is 1.70. The van der Waals surface area contributed by atoms with Gasteiger partial charge < -0.3 is 19.3 Å². The third kappa shape index (κ3) is 4.53. The van der Waals surface area contributed by atoms with Gasteiger partial charge in [0.15, 0.2) is 11.5 Å². The number of rotatable bonds is 6. The van der Waals surface area contributed by atoms with E-state index in [0.717, 1.165) is 56.9 Å². The molecule has 1 aromatic rings. The molecule has 2 aliphatic carbocycles. The van der Waals surface area contributed by atoms with E-state index >= 15 is 0 Å². The minimum atomic E-state index is -0.573. The Morgan fingerprint density at radius 1 is 0.903 bits per heavy atom. The molecule has 0 bridgehead atoms. The van der Waals surface area contributed by atoms with Crippen LogP contribution in [0.1, 0.15) is 82.7 Å². The highest BCUT2D eigenvalue weighted by Gasteiger charge is 2.45. The number of nitrogens with zero attached hydrogens (tertiary/aromatic N) is 2. The van der Waals surface area contributed by atoms with Gasteiger partial charge in [0.1, 0.15) is 12.6 Å². The summed E-state index contributed by atoms with van der Waals surface area (Å²) in [7, 11) is 1.61. The number of methoxy groups -OCH3 is 1. The van der Waals surface area contributed by atoms with E-state index < -0.39 is 6.04 Å². The van der Waals surface area contributed by atoms with Crippen molar-refractivity contribution in [3.05, 3.63) is 23.8 Å². The molecule has 31 heavy (non-hydrogen) atoms. The quantitative estimate of drug-likeness (QED) is 0.671. The van der Waals surface area contributed by atoms with Gasteiger partial charge in [-0.1, -0.05) is 44.6 Å². The van der Waals surface area contributed by atoms with Crippen molar-refractivity contribution in [2.75, 3.05) is 20.3 Å². The van der Waals surface area contributed by atoms with Gasteiger partial charge in [-0.15, -0.1) is 0 Å². The van der Waals surface area contributed by atoms with E-state index in [1.54, 1.807) is 7.11 Å². The van der Waals surface area contributed by atoms with E-state index in [1.165, 1.54) is 12.8 Å². The van der Waals surface area contributed by atoms with Crippen molar-refractivity contribution >= 4 is 11.8 Å². The monoisotopic (exact) mass is 428 g/mol. The van der Waals surface area contributed by atoms with Gasteiger partial charge in [-0.25, -0.2) is 0 Å². The number of hydrogen-bond acceptors (Lipinski definition) is 4. The van der Waals surface area contributed by atoms with Crippen molar-refractivity contribution in [1.82, 2.24) is 9.80 Å². The Morgan fingerprint density at radius 3 is 2.16 bits per heavy atom. The minimum absolute atomic E-state index is 0.0725. The molecule has 1 atom stereocenters. The number of carbonyl (C=O) groups is 2. The van der Waals surface area contributed by atoms with Crippen LogP contribution in [0.15, 0.2) is 18.2 Å².